The van der Waals surface area contributed by atoms with Crippen LogP contribution in [0.2, 0.25) is 0 Å². The molecule has 1 aliphatic rings. The first-order chi connectivity index (χ1) is 8.95. The Labute approximate surface area is 116 Å². The van der Waals surface area contributed by atoms with Crippen molar-refractivity contribution in [2.75, 3.05) is 31.4 Å². The van der Waals surface area contributed by atoms with Crippen molar-refractivity contribution < 1.29 is 4.74 Å². The van der Waals surface area contributed by atoms with Gasteiger partial charge < -0.3 is 15.0 Å². The normalized spacial score (nSPS) is 21.2. The van der Waals surface area contributed by atoms with Crippen LogP contribution < -0.4 is 15.0 Å². The second kappa shape index (κ2) is 5.27. The molecule has 0 aromatic carbocycles. The highest BCUT2D eigenvalue weighted by atomic mass is 16.5. The van der Waals surface area contributed by atoms with E-state index in [-0.39, 0.29) is 0 Å². The maximum absolute atomic E-state index is 5.41. The van der Waals surface area contributed by atoms with Crippen LogP contribution in [-0.4, -0.2) is 32.2 Å². The highest BCUT2D eigenvalue weighted by Crippen LogP contribution is 2.42. The number of methoxy groups -OCH3 is 1. The molecule has 0 radical (unpaired) electrons. The van der Waals surface area contributed by atoms with Crippen LogP contribution in [0.15, 0.2) is 12.3 Å². The Bertz CT molecular complexity index is 443. The van der Waals surface area contributed by atoms with Crippen molar-refractivity contribution in [3.63, 3.8) is 0 Å². The molecule has 1 heterocycles. The third-order valence-electron chi connectivity index (χ3n) is 4.15. The molecule has 106 valence electrons. The van der Waals surface area contributed by atoms with Crippen molar-refractivity contribution in [2.24, 2.45) is 5.41 Å². The van der Waals surface area contributed by atoms with Crippen LogP contribution in [0, 0.1) is 5.41 Å². The molecule has 4 heteroatoms. The maximum atomic E-state index is 5.41. The van der Waals surface area contributed by atoms with Crippen molar-refractivity contribution in [3.8, 4) is 5.88 Å². The zero-order valence-electron chi connectivity index (χ0n) is 12.7. The number of nitrogens with one attached hydrogen (secondary N) is 1. The molecule has 0 aliphatic heterocycles. The van der Waals surface area contributed by atoms with Gasteiger partial charge in [-0.25, -0.2) is 4.98 Å². The largest absolute Gasteiger partial charge is 0.479 e. The van der Waals surface area contributed by atoms with E-state index in [4.69, 9.17) is 4.74 Å². The lowest BCUT2D eigenvalue weighted by Crippen LogP contribution is -2.31. The van der Waals surface area contributed by atoms with Gasteiger partial charge in [0.1, 0.15) is 5.69 Å². The Hall–Kier alpha value is -1.45. The molecule has 0 amide bonds. The van der Waals surface area contributed by atoms with Crippen LogP contribution in [0.3, 0.4) is 0 Å². The zero-order valence-corrected chi connectivity index (χ0v) is 12.7. The first-order valence-electron chi connectivity index (χ1n) is 6.92. The summed E-state index contributed by atoms with van der Waals surface area (Å²) in [4.78, 5) is 6.41. The standard InChI is InChI=1S/C15H25N3O/c1-15(2)9-6-7-12(15)17-13-11(18(3)4)8-10-16-14(13)19-5/h8,10,12,17H,6-7,9H2,1-5H3. The Balaban J connectivity index is 2.32. The molecule has 4 nitrogen and oxygen atoms in total. The Kier molecular flexibility index (Phi) is 3.88. The van der Waals surface area contributed by atoms with Crippen molar-refractivity contribution in [2.45, 2.75) is 39.2 Å². The molecule has 0 bridgehead atoms. The summed E-state index contributed by atoms with van der Waals surface area (Å²) >= 11 is 0. The van der Waals surface area contributed by atoms with Gasteiger partial charge in [0.15, 0.2) is 0 Å². The molecule has 19 heavy (non-hydrogen) atoms. The second-order valence-electron chi connectivity index (χ2n) is 6.19. The average Bonchev–Trinajstić information content (AvgIpc) is 2.68. The van der Waals surface area contributed by atoms with Gasteiger partial charge in [-0.15, -0.1) is 0 Å². The minimum atomic E-state index is 0.324. The van der Waals surface area contributed by atoms with Crippen LogP contribution >= 0.6 is 0 Å². The summed E-state index contributed by atoms with van der Waals surface area (Å²) in [5.41, 5.74) is 2.45. The molecule has 0 spiro atoms. The average molecular weight is 263 g/mol. The maximum Gasteiger partial charge on any atom is 0.239 e. The number of ether oxygens (including phenoxy) is 1. The van der Waals surface area contributed by atoms with E-state index in [0.29, 0.717) is 17.3 Å². The van der Waals surface area contributed by atoms with Gasteiger partial charge in [0.05, 0.1) is 12.8 Å². The summed E-state index contributed by atoms with van der Waals surface area (Å²) in [6.45, 7) is 4.66. The van der Waals surface area contributed by atoms with Crippen LogP contribution in [0.4, 0.5) is 11.4 Å². The fourth-order valence-corrected chi connectivity index (χ4v) is 2.86. The molecule has 1 aromatic heterocycles. The van der Waals surface area contributed by atoms with E-state index in [1.54, 1.807) is 13.3 Å². The number of anilines is 2. The van der Waals surface area contributed by atoms with Gasteiger partial charge in [-0.3, -0.25) is 0 Å². The lowest BCUT2D eigenvalue weighted by molar-refractivity contribution is 0.347. The fraction of sp³-hybridized carbons (Fsp3) is 0.667. The summed E-state index contributed by atoms with van der Waals surface area (Å²) in [5, 5.41) is 3.67. The molecule has 1 atom stereocenters. The molecule has 1 unspecified atom stereocenters. The Morgan fingerprint density at radius 3 is 2.68 bits per heavy atom. The van der Waals surface area contributed by atoms with E-state index in [9.17, 15) is 0 Å². The quantitative estimate of drug-likeness (QED) is 0.905. The Morgan fingerprint density at radius 2 is 2.16 bits per heavy atom. The van der Waals surface area contributed by atoms with Crippen molar-refractivity contribution in [1.82, 2.24) is 4.98 Å². The first-order valence-corrected chi connectivity index (χ1v) is 6.92. The highest BCUT2D eigenvalue weighted by Gasteiger charge is 2.35. The van der Waals surface area contributed by atoms with E-state index < -0.39 is 0 Å². The van der Waals surface area contributed by atoms with Gasteiger partial charge in [0.25, 0.3) is 0 Å². The third-order valence-corrected chi connectivity index (χ3v) is 4.15. The number of pyridine rings is 1. The number of nitrogens with zero attached hydrogens (tertiary/aromatic N) is 2. The van der Waals surface area contributed by atoms with Gasteiger partial charge in [-0.05, 0) is 24.3 Å². The number of aromatic nitrogens is 1. The van der Waals surface area contributed by atoms with Crippen molar-refractivity contribution in [3.05, 3.63) is 12.3 Å². The van der Waals surface area contributed by atoms with Gasteiger partial charge >= 0.3 is 0 Å². The first kappa shape index (κ1) is 14.0. The van der Waals surface area contributed by atoms with E-state index in [2.05, 4.69) is 29.0 Å². The van der Waals surface area contributed by atoms with Crippen LogP contribution in [0.1, 0.15) is 33.1 Å². The van der Waals surface area contributed by atoms with E-state index in [0.717, 1.165) is 11.4 Å². The van der Waals surface area contributed by atoms with Crippen molar-refractivity contribution >= 4 is 11.4 Å². The third kappa shape index (κ3) is 2.77. The molecular weight excluding hydrogens is 238 g/mol. The van der Waals surface area contributed by atoms with E-state index in [1.165, 1.54) is 19.3 Å². The lowest BCUT2D eigenvalue weighted by atomic mass is 9.87. The summed E-state index contributed by atoms with van der Waals surface area (Å²) in [7, 11) is 5.76. The topological polar surface area (TPSA) is 37.4 Å². The molecule has 1 aromatic rings. The summed E-state index contributed by atoms with van der Waals surface area (Å²) in [6.07, 6.45) is 5.55. The monoisotopic (exact) mass is 263 g/mol. The predicted molar refractivity (Wildman–Crippen MR) is 80.2 cm³/mol. The number of hydrogen-bond acceptors (Lipinski definition) is 4. The minimum Gasteiger partial charge on any atom is -0.479 e. The van der Waals surface area contributed by atoms with Crippen molar-refractivity contribution in [1.29, 1.82) is 0 Å². The summed E-state index contributed by atoms with van der Waals surface area (Å²) in [6, 6.07) is 2.50. The lowest BCUT2D eigenvalue weighted by Gasteiger charge is -2.31. The highest BCUT2D eigenvalue weighted by molar-refractivity contribution is 5.74. The van der Waals surface area contributed by atoms with Crippen LogP contribution in [-0.2, 0) is 0 Å². The smallest absolute Gasteiger partial charge is 0.239 e. The predicted octanol–water partition coefficient (Wildman–Crippen LogP) is 3.15. The SMILES string of the molecule is COc1nccc(N(C)C)c1NC1CCCC1(C)C. The molecule has 2 rings (SSSR count). The van der Waals surface area contributed by atoms with Gasteiger partial charge in [-0.1, -0.05) is 20.3 Å². The van der Waals surface area contributed by atoms with E-state index >= 15 is 0 Å². The van der Waals surface area contributed by atoms with Crippen LogP contribution in [0.5, 0.6) is 5.88 Å². The molecule has 1 saturated carbocycles. The van der Waals surface area contributed by atoms with Gasteiger partial charge in [0.2, 0.25) is 5.88 Å². The second-order valence-corrected chi connectivity index (χ2v) is 6.19. The van der Waals surface area contributed by atoms with Crippen LogP contribution in [0.25, 0.3) is 0 Å². The molecule has 0 saturated heterocycles. The molecular formula is C15H25N3O. The molecule has 1 aliphatic carbocycles. The summed E-state index contributed by atoms with van der Waals surface area (Å²) < 4.78 is 5.41. The minimum absolute atomic E-state index is 0.324. The zero-order chi connectivity index (χ0) is 14.0. The molecule has 1 N–H and O–H groups in total. The molecule has 1 fully saturated rings. The number of hydrogen-bond donors (Lipinski definition) is 1. The van der Waals surface area contributed by atoms with Gasteiger partial charge in [-0.2, -0.15) is 0 Å². The fourth-order valence-electron chi connectivity index (χ4n) is 2.86. The van der Waals surface area contributed by atoms with E-state index in [1.807, 2.05) is 20.2 Å². The van der Waals surface area contributed by atoms with Gasteiger partial charge in [0, 0.05) is 26.3 Å². The Morgan fingerprint density at radius 1 is 1.42 bits per heavy atom. The number of rotatable bonds is 4. The summed E-state index contributed by atoms with van der Waals surface area (Å²) in [5.74, 6) is 0.675.